The Morgan fingerprint density at radius 1 is 1.18 bits per heavy atom. The Balaban J connectivity index is 1.85. The first-order valence-corrected chi connectivity index (χ1v) is 12.3. The van der Waals surface area contributed by atoms with Crippen LogP contribution >= 0.6 is 11.6 Å². The third-order valence-electron chi connectivity index (χ3n) is 6.05. The number of rotatable bonds is 2. The van der Waals surface area contributed by atoms with E-state index in [1.165, 1.54) is 6.07 Å². The Hall–Kier alpha value is -2.76. The van der Waals surface area contributed by atoms with Crippen molar-refractivity contribution in [2.45, 2.75) is 39.8 Å². The molecule has 2 aromatic carbocycles. The summed E-state index contributed by atoms with van der Waals surface area (Å²) in [7, 11) is -3.72. The van der Waals surface area contributed by atoms with Gasteiger partial charge in [-0.3, -0.25) is 4.57 Å². The quantitative estimate of drug-likeness (QED) is 0.561. The summed E-state index contributed by atoms with van der Waals surface area (Å²) >= 11 is 6.54. The molecule has 33 heavy (non-hydrogen) atoms. The van der Waals surface area contributed by atoms with Gasteiger partial charge in [0.25, 0.3) is 0 Å². The Morgan fingerprint density at radius 2 is 1.88 bits per heavy atom. The standard InChI is InChI=1S/C21H21ClF2N6O2S/c1-9-15(12-6-11(23)7-14-13(12)8-25-30(14)33(5,31)32)17(24)16(22)18-19(9)29-10(2)27-28-20(29)21(3,4)26-18/h6-7,25-26H,8H2,1-5H3. The molecular weight excluding hydrogens is 474 g/mol. The molecule has 3 aromatic rings. The largest absolute Gasteiger partial charge is 0.370 e. The van der Waals surface area contributed by atoms with Crippen LogP contribution in [-0.4, -0.2) is 29.4 Å². The van der Waals surface area contributed by atoms with Crippen molar-refractivity contribution < 1.29 is 17.2 Å². The number of aryl methyl sites for hydroxylation is 1. The van der Waals surface area contributed by atoms with Gasteiger partial charge in [0.15, 0.2) is 11.6 Å². The Morgan fingerprint density at radius 3 is 2.55 bits per heavy atom. The van der Waals surface area contributed by atoms with Crippen LogP contribution in [0, 0.1) is 25.5 Å². The molecule has 0 saturated heterocycles. The van der Waals surface area contributed by atoms with Gasteiger partial charge in [0.1, 0.15) is 16.7 Å². The van der Waals surface area contributed by atoms with Gasteiger partial charge < -0.3 is 5.32 Å². The number of sulfonamides is 1. The molecule has 0 aliphatic carbocycles. The van der Waals surface area contributed by atoms with Crippen LogP contribution in [0.1, 0.15) is 36.6 Å². The first kappa shape index (κ1) is 22.1. The third kappa shape index (κ3) is 3.06. The summed E-state index contributed by atoms with van der Waals surface area (Å²) in [6.45, 7) is 7.35. The fourth-order valence-electron chi connectivity index (χ4n) is 4.66. The van der Waals surface area contributed by atoms with E-state index in [1.807, 2.05) is 18.4 Å². The van der Waals surface area contributed by atoms with Crippen LogP contribution in [0.4, 0.5) is 20.2 Å². The highest BCUT2D eigenvalue weighted by atomic mass is 35.5. The van der Waals surface area contributed by atoms with Crippen molar-refractivity contribution in [3.63, 3.8) is 0 Å². The summed E-state index contributed by atoms with van der Waals surface area (Å²) in [6, 6.07) is 2.31. The van der Waals surface area contributed by atoms with Crippen LogP contribution in [0.3, 0.4) is 0 Å². The molecule has 2 aliphatic rings. The second kappa shape index (κ2) is 6.87. The van der Waals surface area contributed by atoms with E-state index in [0.717, 1.165) is 16.7 Å². The van der Waals surface area contributed by atoms with Crippen LogP contribution in [0.15, 0.2) is 12.1 Å². The highest BCUT2D eigenvalue weighted by Crippen LogP contribution is 2.49. The molecular formula is C21H21ClF2N6O2S. The molecule has 0 bridgehead atoms. The SMILES string of the molecule is Cc1c(-c2cc(F)cc3c2CNN3S(C)(=O)=O)c(F)c(Cl)c2c1-n1c(C)nnc1C(C)(C)N2. The summed E-state index contributed by atoms with van der Waals surface area (Å²) in [5.74, 6) is -0.212. The zero-order chi connectivity index (χ0) is 24.0. The summed E-state index contributed by atoms with van der Waals surface area (Å²) in [5.41, 5.74) is 4.38. The smallest absolute Gasteiger partial charge is 0.245 e. The zero-order valence-electron chi connectivity index (χ0n) is 18.5. The van der Waals surface area contributed by atoms with E-state index in [4.69, 9.17) is 11.6 Å². The molecule has 0 atom stereocenters. The number of nitrogens with one attached hydrogen (secondary N) is 2. The van der Waals surface area contributed by atoms with Gasteiger partial charge in [0, 0.05) is 23.7 Å². The zero-order valence-corrected chi connectivity index (χ0v) is 20.1. The van der Waals surface area contributed by atoms with Crippen molar-refractivity contribution in [3.8, 4) is 16.8 Å². The topological polar surface area (TPSA) is 92.2 Å². The molecule has 0 radical (unpaired) electrons. The number of hydrogen-bond donors (Lipinski definition) is 2. The van der Waals surface area contributed by atoms with Crippen molar-refractivity contribution in [3.05, 3.63) is 51.6 Å². The molecule has 0 unspecified atom stereocenters. The molecule has 8 nitrogen and oxygen atoms in total. The highest BCUT2D eigenvalue weighted by Gasteiger charge is 2.39. The lowest BCUT2D eigenvalue weighted by Gasteiger charge is -2.36. The van der Waals surface area contributed by atoms with E-state index in [-0.39, 0.29) is 28.4 Å². The van der Waals surface area contributed by atoms with Crippen molar-refractivity contribution in [2.24, 2.45) is 0 Å². The van der Waals surface area contributed by atoms with Gasteiger partial charge in [-0.1, -0.05) is 11.6 Å². The van der Waals surface area contributed by atoms with Crippen LogP contribution in [0.5, 0.6) is 0 Å². The lowest BCUT2D eigenvalue weighted by molar-refractivity contribution is 0.532. The first-order valence-electron chi connectivity index (χ1n) is 10.1. The fraction of sp³-hybridized carbons (Fsp3) is 0.333. The number of halogens is 3. The highest BCUT2D eigenvalue weighted by molar-refractivity contribution is 7.92. The van der Waals surface area contributed by atoms with E-state index in [1.54, 1.807) is 13.8 Å². The molecule has 2 aliphatic heterocycles. The lowest BCUT2D eigenvalue weighted by Crippen LogP contribution is -2.37. The Labute approximate surface area is 194 Å². The van der Waals surface area contributed by atoms with E-state index in [9.17, 15) is 12.8 Å². The number of hydrogen-bond acceptors (Lipinski definition) is 6. The molecule has 0 spiro atoms. The maximum absolute atomic E-state index is 15.8. The monoisotopic (exact) mass is 494 g/mol. The van der Waals surface area contributed by atoms with Crippen molar-refractivity contribution in [1.82, 2.24) is 20.2 Å². The van der Waals surface area contributed by atoms with Gasteiger partial charge in [0.2, 0.25) is 10.0 Å². The minimum atomic E-state index is -3.72. The summed E-state index contributed by atoms with van der Waals surface area (Å²) < 4.78 is 57.6. The normalized spacial score (nSPS) is 16.3. The maximum Gasteiger partial charge on any atom is 0.245 e. The van der Waals surface area contributed by atoms with Gasteiger partial charge in [-0.15, -0.1) is 10.2 Å². The fourth-order valence-corrected chi connectivity index (χ4v) is 5.71. The van der Waals surface area contributed by atoms with Crippen molar-refractivity contribution in [1.29, 1.82) is 0 Å². The average Bonchev–Trinajstić information content (AvgIpc) is 3.30. The minimum absolute atomic E-state index is 0.0772. The van der Waals surface area contributed by atoms with Gasteiger partial charge >= 0.3 is 0 Å². The molecule has 174 valence electrons. The number of nitrogens with zero attached hydrogens (tertiary/aromatic N) is 4. The van der Waals surface area contributed by atoms with Crippen molar-refractivity contribution in [2.75, 3.05) is 16.0 Å². The average molecular weight is 495 g/mol. The van der Waals surface area contributed by atoms with E-state index in [0.29, 0.717) is 34.2 Å². The number of hydrazine groups is 1. The first-order chi connectivity index (χ1) is 15.3. The molecule has 3 heterocycles. The van der Waals surface area contributed by atoms with Gasteiger partial charge in [0.05, 0.1) is 28.9 Å². The molecule has 0 fully saturated rings. The molecule has 2 N–H and O–H groups in total. The lowest BCUT2D eigenvalue weighted by atomic mass is 9.90. The van der Waals surface area contributed by atoms with E-state index < -0.39 is 27.2 Å². The number of aromatic nitrogens is 3. The van der Waals surface area contributed by atoms with E-state index >= 15 is 4.39 Å². The van der Waals surface area contributed by atoms with Crippen LogP contribution in [-0.2, 0) is 22.1 Å². The van der Waals surface area contributed by atoms with Gasteiger partial charge in [-0.25, -0.2) is 27.0 Å². The van der Waals surface area contributed by atoms with Crippen molar-refractivity contribution >= 4 is 33.0 Å². The molecule has 0 amide bonds. The minimum Gasteiger partial charge on any atom is -0.370 e. The predicted octanol–water partition coefficient (Wildman–Crippen LogP) is 3.93. The second-order valence-electron chi connectivity index (χ2n) is 8.82. The third-order valence-corrected chi connectivity index (χ3v) is 7.40. The van der Waals surface area contributed by atoms with Crippen LogP contribution < -0.4 is 15.2 Å². The Bertz CT molecular complexity index is 1470. The summed E-state index contributed by atoms with van der Waals surface area (Å²) in [5, 5.41) is 11.6. The van der Waals surface area contributed by atoms with Gasteiger partial charge in [-0.2, -0.15) is 0 Å². The summed E-state index contributed by atoms with van der Waals surface area (Å²) in [6.07, 6.45) is 1.01. The molecule has 12 heteroatoms. The second-order valence-corrected chi connectivity index (χ2v) is 11.0. The molecule has 1 aromatic heterocycles. The maximum atomic E-state index is 15.8. The molecule has 0 saturated carbocycles. The summed E-state index contributed by atoms with van der Waals surface area (Å²) in [4.78, 5) is 0. The van der Waals surface area contributed by atoms with Crippen LogP contribution in [0.2, 0.25) is 5.02 Å². The Kier molecular flexibility index (Phi) is 4.59. The van der Waals surface area contributed by atoms with Gasteiger partial charge in [-0.05, 0) is 44.9 Å². The molecule has 5 rings (SSSR count). The number of fused-ring (bicyclic) bond motifs is 4. The van der Waals surface area contributed by atoms with Crippen LogP contribution in [0.25, 0.3) is 16.8 Å². The number of benzene rings is 2. The van der Waals surface area contributed by atoms with E-state index in [2.05, 4.69) is 20.9 Å². The predicted molar refractivity (Wildman–Crippen MR) is 122 cm³/mol. The number of anilines is 2.